The molecule has 0 aromatic heterocycles. The van der Waals surface area contributed by atoms with Crippen LogP contribution in [-0.2, 0) is 4.79 Å². The lowest BCUT2D eigenvalue weighted by Gasteiger charge is -2.17. The average Bonchev–Trinajstić information content (AvgIpc) is 2.30. The van der Waals surface area contributed by atoms with Crippen LogP contribution in [0.5, 0.6) is 0 Å². The highest BCUT2D eigenvalue weighted by Gasteiger charge is 2.17. The van der Waals surface area contributed by atoms with Crippen LogP contribution in [-0.4, -0.2) is 23.4 Å². The van der Waals surface area contributed by atoms with Gasteiger partial charge in [0.2, 0.25) is 5.91 Å². The number of nitrogens with zero attached hydrogens (tertiary/aromatic N) is 1. The van der Waals surface area contributed by atoms with Gasteiger partial charge < -0.3 is 5.73 Å². The molecular formula is C13H23N2O2. The van der Waals surface area contributed by atoms with E-state index in [-0.39, 0.29) is 5.91 Å². The van der Waals surface area contributed by atoms with E-state index in [1.807, 2.05) is 0 Å². The van der Waals surface area contributed by atoms with Gasteiger partial charge in [-0.15, -0.1) is 0 Å². The Kier molecular flexibility index (Phi) is 6.67. The maximum Gasteiger partial charge on any atom is 0.321 e. The molecule has 1 radical (unpaired) electrons. The first kappa shape index (κ1) is 14.0. The molecule has 0 aromatic rings. The Bertz CT molecular complexity index is 254. The van der Waals surface area contributed by atoms with Crippen molar-refractivity contribution in [1.82, 2.24) is 4.90 Å². The van der Waals surface area contributed by atoms with Crippen LogP contribution in [0, 0.1) is 6.42 Å². The molecule has 17 heavy (non-hydrogen) atoms. The number of urea groups is 1. The molecule has 4 nitrogen and oxygen atoms in total. The zero-order valence-corrected chi connectivity index (χ0v) is 10.5. The first-order chi connectivity index (χ1) is 8.22. The number of nitrogens with two attached hydrogens (primary N) is 1. The van der Waals surface area contributed by atoms with Gasteiger partial charge >= 0.3 is 6.03 Å². The summed E-state index contributed by atoms with van der Waals surface area (Å²) in [6.07, 6.45) is 11.5. The van der Waals surface area contributed by atoms with Crippen molar-refractivity contribution in [1.29, 1.82) is 0 Å². The average molecular weight is 239 g/mol. The molecular weight excluding hydrogens is 216 g/mol. The molecule has 0 saturated carbocycles. The summed E-state index contributed by atoms with van der Waals surface area (Å²) in [5.74, 6) is -0.225. The summed E-state index contributed by atoms with van der Waals surface area (Å²) >= 11 is 0. The smallest absolute Gasteiger partial charge is 0.321 e. The minimum Gasteiger partial charge on any atom is -0.351 e. The molecule has 1 fully saturated rings. The third-order valence-corrected chi connectivity index (χ3v) is 3.19. The molecule has 0 atom stereocenters. The van der Waals surface area contributed by atoms with E-state index in [0.29, 0.717) is 6.54 Å². The highest BCUT2D eigenvalue weighted by molar-refractivity contribution is 5.98. The van der Waals surface area contributed by atoms with Crippen LogP contribution in [0.1, 0.15) is 57.8 Å². The molecule has 0 unspecified atom stereocenters. The maximum absolute atomic E-state index is 11.7. The predicted molar refractivity (Wildman–Crippen MR) is 67.1 cm³/mol. The highest BCUT2D eigenvalue weighted by Crippen LogP contribution is 2.13. The Balaban J connectivity index is 2.45. The standard InChI is InChI=1S/C13H23N2O2/c14-13(17)15-11-9-7-5-3-1-2-4-6-8-10-12(15)16/h10H,1-9,11H2,(H2,14,17). The van der Waals surface area contributed by atoms with Gasteiger partial charge in [0.1, 0.15) is 0 Å². The third-order valence-electron chi connectivity index (χ3n) is 3.19. The second-order valence-electron chi connectivity index (χ2n) is 4.65. The number of primary amides is 1. The summed E-state index contributed by atoms with van der Waals surface area (Å²) in [4.78, 5) is 24.0. The van der Waals surface area contributed by atoms with Crippen molar-refractivity contribution in [2.45, 2.75) is 57.8 Å². The van der Waals surface area contributed by atoms with E-state index in [4.69, 9.17) is 5.73 Å². The quantitative estimate of drug-likeness (QED) is 0.706. The minimum atomic E-state index is -0.624. The molecule has 1 rings (SSSR count). The summed E-state index contributed by atoms with van der Waals surface area (Å²) in [5, 5.41) is 0. The molecule has 3 amide bonds. The van der Waals surface area contributed by atoms with Gasteiger partial charge in [0.25, 0.3) is 0 Å². The molecule has 1 aliphatic heterocycles. The molecule has 4 heteroatoms. The van der Waals surface area contributed by atoms with Crippen molar-refractivity contribution in [2.75, 3.05) is 6.54 Å². The van der Waals surface area contributed by atoms with E-state index in [0.717, 1.165) is 30.6 Å². The lowest BCUT2D eigenvalue weighted by Crippen LogP contribution is -2.41. The second kappa shape index (κ2) is 8.09. The molecule has 1 saturated heterocycles. The number of carbonyl (C=O) groups is 2. The fraction of sp³-hybridized carbons (Fsp3) is 0.769. The van der Waals surface area contributed by atoms with Crippen molar-refractivity contribution in [3.63, 3.8) is 0 Å². The van der Waals surface area contributed by atoms with Gasteiger partial charge in [-0.2, -0.15) is 0 Å². The summed E-state index contributed by atoms with van der Waals surface area (Å²) in [7, 11) is 0. The van der Waals surface area contributed by atoms with Gasteiger partial charge in [-0.05, 0) is 12.8 Å². The Morgan fingerprint density at radius 2 is 1.53 bits per heavy atom. The van der Waals surface area contributed by atoms with Gasteiger partial charge in [-0.3, -0.25) is 9.69 Å². The minimum absolute atomic E-state index is 0.225. The first-order valence-corrected chi connectivity index (χ1v) is 6.66. The zero-order valence-electron chi connectivity index (χ0n) is 10.5. The normalized spacial score (nSPS) is 21.2. The van der Waals surface area contributed by atoms with Gasteiger partial charge in [-0.25, -0.2) is 4.79 Å². The topological polar surface area (TPSA) is 63.4 Å². The monoisotopic (exact) mass is 239 g/mol. The molecule has 1 heterocycles. The van der Waals surface area contributed by atoms with Crippen LogP contribution in [0.25, 0.3) is 0 Å². The van der Waals surface area contributed by atoms with Crippen molar-refractivity contribution in [2.24, 2.45) is 5.73 Å². The van der Waals surface area contributed by atoms with Crippen molar-refractivity contribution in [3.8, 4) is 0 Å². The van der Waals surface area contributed by atoms with Crippen LogP contribution in [0.4, 0.5) is 4.79 Å². The van der Waals surface area contributed by atoms with E-state index >= 15 is 0 Å². The Morgan fingerprint density at radius 1 is 1.00 bits per heavy atom. The summed E-state index contributed by atoms with van der Waals surface area (Å²) in [6.45, 7) is 0.463. The van der Waals surface area contributed by atoms with Crippen LogP contribution in [0.2, 0.25) is 0 Å². The molecule has 0 aliphatic carbocycles. The predicted octanol–water partition coefficient (Wildman–Crippen LogP) is 2.62. The van der Waals surface area contributed by atoms with Crippen molar-refractivity contribution in [3.05, 3.63) is 6.42 Å². The molecule has 2 N–H and O–H groups in total. The lowest BCUT2D eigenvalue weighted by atomic mass is 10.1. The van der Waals surface area contributed by atoms with Gasteiger partial charge in [0, 0.05) is 6.54 Å². The Hall–Kier alpha value is -1.06. The number of hydrogen-bond donors (Lipinski definition) is 1. The van der Waals surface area contributed by atoms with Crippen molar-refractivity contribution >= 4 is 11.9 Å². The fourth-order valence-electron chi connectivity index (χ4n) is 2.14. The number of hydrogen-bond acceptors (Lipinski definition) is 2. The molecule has 1 aliphatic rings. The van der Waals surface area contributed by atoms with Gasteiger partial charge in [0.15, 0.2) is 0 Å². The van der Waals surface area contributed by atoms with Crippen LogP contribution < -0.4 is 5.73 Å². The molecule has 0 bridgehead atoms. The second-order valence-corrected chi connectivity index (χ2v) is 4.65. The number of rotatable bonds is 0. The Morgan fingerprint density at radius 3 is 2.12 bits per heavy atom. The van der Waals surface area contributed by atoms with Crippen LogP contribution >= 0.6 is 0 Å². The molecule has 0 spiro atoms. The largest absolute Gasteiger partial charge is 0.351 e. The summed E-state index contributed by atoms with van der Waals surface area (Å²) in [5.41, 5.74) is 5.22. The third kappa shape index (κ3) is 5.71. The van der Waals surface area contributed by atoms with E-state index in [1.165, 1.54) is 32.1 Å². The SMILES string of the molecule is NC(=O)N1CCCCCCCCCC[CH]C1=O. The summed E-state index contributed by atoms with van der Waals surface area (Å²) < 4.78 is 0. The van der Waals surface area contributed by atoms with E-state index in [9.17, 15) is 9.59 Å². The van der Waals surface area contributed by atoms with Crippen LogP contribution in [0.3, 0.4) is 0 Å². The number of imide groups is 1. The van der Waals surface area contributed by atoms with Gasteiger partial charge in [-0.1, -0.05) is 44.9 Å². The van der Waals surface area contributed by atoms with E-state index < -0.39 is 6.03 Å². The zero-order chi connectivity index (χ0) is 12.5. The van der Waals surface area contributed by atoms with Crippen LogP contribution in [0.15, 0.2) is 0 Å². The number of amides is 3. The molecule has 97 valence electrons. The van der Waals surface area contributed by atoms with E-state index in [1.54, 1.807) is 6.42 Å². The number of carbonyl (C=O) groups excluding carboxylic acids is 2. The summed E-state index contributed by atoms with van der Waals surface area (Å²) in [6, 6.07) is -0.624. The lowest BCUT2D eigenvalue weighted by molar-refractivity contribution is -0.124. The Labute approximate surface area is 104 Å². The molecule has 0 aromatic carbocycles. The van der Waals surface area contributed by atoms with E-state index in [2.05, 4.69) is 0 Å². The maximum atomic E-state index is 11.7. The van der Waals surface area contributed by atoms with Crippen molar-refractivity contribution < 1.29 is 9.59 Å². The highest BCUT2D eigenvalue weighted by atomic mass is 16.2. The fourth-order valence-corrected chi connectivity index (χ4v) is 2.14. The van der Waals surface area contributed by atoms with Gasteiger partial charge in [0.05, 0.1) is 6.42 Å². The first-order valence-electron chi connectivity index (χ1n) is 6.66.